The lowest BCUT2D eigenvalue weighted by Gasteiger charge is -2.23. The summed E-state index contributed by atoms with van der Waals surface area (Å²) in [7, 11) is 0. The van der Waals surface area contributed by atoms with Crippen molar-refractivity contribution in [3.63, 3.8) is 0 Å². The van der Waals surface area contributed by atoms with Gasteiger partial charge < -0.3 is 15.4 Å². The van der Waals surface area contributed by atoms with E-state index in [2.05, 4.69) is 6.92 Å². The Labute approximate surface area is 115 Å². The maximum Gasteiger partial charge on any atom is 0.248 e. The molecule has 2 N–H and O–H groups in total. The van der Waals surface area contributed by atoms with Gasteiger partial charge in [-0.1, -0.05) is 19.1 Å². The number of amides is 1. The number of hydrogen-bond donors (Lipinski definition) is 1. The zero-order chi connectivity index (χ0) is 14.3. The Balaban J connectivity index is 2.61. The van der Waals surface area contributed by atoms with Gasteiger partial charge in [0.1, 0.15) is 6.61 Å². The largest absolute Gasteiger partial charge is 0.399 e. The molecule has 1 amide bonds. The highest BCUT2D eigenvalue weighted by Crippen LogP contribution is 2.09. The minimum Gasteiger partial charge on any atom is -0.399 e. The van der Waals surface area contributed by atoms with Gasteiger partial charge in [0.05, 0.1) is 6.10 Å². The Bertz CT molecular complexity index is 388. The van der Waals surface area contributed by atoms with Crippen LogP contribution in [0.5, 0.6) is 0 Å². The molecular formula is C15H24N2O2. The van der Waals surface area contributed by atoms with Crippen molar-refractivity contribution in [1.82, 2.24) is 4.90 Å². The number of carbonyl (C=O) groups excluding carboxylic acids is 1. The van der Waals surface area contributed by atoms with Gasteiger partial charge in [0, 0.05) is 18.8 Å². The maximum absolute atomic E-state index is 12.1. The highest BCUT2D eigenvalue weighted by Gasteiger charge is 2.13. The third kappa shape index (κ3) is 5.75. The van der Waals surface area contributed by atoms with Crippen LogP contribution in [0.1, 0.15) is 32.8 Å². The molecule has 4 nitrogen and oxygen atoms in total. The van der Waals surface area contributed by atoms with Crippen LogP contribution in [-0.4, -0.2) is 30.1 Å². The van der Waals surface area contributed by atoms with Crippen LogP contribution < -0.4 is 5.73 Å². The fourth-order valence-corrected chi connectivity index (χ4v) is 1.73. The first-order chi connectivity index (χ1) is 9.02. The molecule has 1 aromatic rings. The van der Waals surface area contributed by atoms with Gasteiger partial charge in [0.2, 0.25) is 5.91 Å². The summed E-state index contributed by atoms with van der Waals surface area (Å²) < 4.78 is 5.38. The second-order valence-electron chi connectivity index (χ2n) is 4.92. The highest BCUT2D eigenvalue weighted by molar-refractivity contribution is 5.77. The van der Waals surface area contributed by atoms with E-state index in [9.17, 15) is 4.79 Å². The Hall–Kier alpha value is -1.55. The van der Waals surface area contributed by atoms with Crippen LogP contribution in [0, 0.1) is 0 Å². The van der Waals surface area contributed by atoms with Crippen molar-refractivity contribution < 1.29 is 9.53 Å². The molecular weight excluding hydrogens is 240 g/mol. The molecule has 19 heavy (non-hydrogen) atoms. The molecule has 1 rings (SSSR count). The van der Waals surface area contributed by atoms with E-state index in [0.717, 1.165) is 24.2 Å². The van der Waals surface area contributed by atoms with Gasteiger partial charge in [-0.15, -0.1) is 0 Å². The zero-order valence-electron chi connectivity index (χ0n) is 12.1. The van der Waals surface area contributed by atoms with Crippen molar-refractivity contribution in [2.24, 2.45) is 0 Å². The van der Waals surface area contributed by atoms with Crippen molar-refractivity contribution in [2.75, 3.05) is 18.9 Å². The third-order valence-corrected chi connectivity index (χ3v) is 2.74. The molecule has 0 saturated carbocycles. The molecule has 4 heteroatoms. The Kier molecular flexibility index (Phi) is 6.36. The van der Waals surface area contributed by atoms with Gasteiger partial charge in [-0.2, -0.15) is 0 Å². The maximum atomic E-state index is 12.1. The first kappa shape index (κ1) is 15.5. The molecule has 0 aliphatic rings. The van der Waals surface area contributed by atoms with Crippen LogP contribution in [0.2, 0.25) is 0 Å². The lowest BCUT2D eigenvalue weighted by molar-refractivity contribution is -0.138. The molecule has 0 fully saturated rings. The van der Waals surface area contributed by atoms with Crippen LogP contribution >= 0.6 is 0 Å². The van der Waals surface area contributed by atoms with Crippen LogP contribution in [0.25, 0.3) is 0 Å². The number of nitrogens with two attached hydrogens (primary N) is 1. The number of ether oxygens (including phenoxy) is 1. The lowest BCUT2D eigenvalue weighted by Crippen LogP contribution is -2.34. The van der Waals surface area contributed by atoms with Crippen molar-refractivity contribution >= 4 is 11.6 Å². The summed E-state index contributed by atoms with van der Waals surface area (Å²) in [6, 6.07) is 7.62. The van der Waals surface area contributed by atoms with Gasteiger partial charge in [-0.25, -0.2) is 0 Å². The van der Waals surface area contributed by atoms with Crippen LogP contribution in [0.15, 0.2) is 24.3 Å². The average molecular weight is 264 g/mol. The molecule has 0 aliphatic carbocycles. The predicted octanol–water partition coefficient (Wildman–Crippen LogP) is 2.43. The SMILES string of the molecule is CCCN(Cc1ccc(N)cc1)C(=O)COC(C)C. The molecule has 0 atom stereocenters. The molecule has 0 unspecified atom stereocenters. The minimum absolute atomic E-state index is 0.0346. The summed E-state index contributed by atoms with van der Waals surface area (Å²) in [4.78, 5) is 13.9. The number of hydrogen-bond acceptors (Lipinski definition) is 3. The number of nitrogen functional groups attached to an aromatic ring is 1. The zero-order valence-corrected chi connectivity index (χ0v) is 12.1. The smallest absolute Gasteiger partial charge is 0.248 e. The van der Waals surface area contributed by atoms with Gasteiger partial charge in [-0.3, -0.25) is 4.79 Å². The van der Waals surface area contributed by atoms with Gasteiger partial charge in [-0.05, 0) is 38.0 Å². The third-order valence-electron chi connectivity index (χ3n) is 2.74. The Morgan fingerprint density at radius 3 is 2.47 bits per heavy atom. The summed E-state index contributed by atoms with van der Waals surface area (Å²) in [6.07, 6.45) is 1.01. The van der Waals surface area contributed by atoms with E-state index < -0.39 is 0 Å². The monoisotopic (exact) mass is 264 g/mol. The first-order valence-electron chi connectivity index (χ1n) is 6.76. The fraction of sp³-hybridized carbons (Fsp3) is 0.533. The van der Waals surface area contributed by atoms with E-state index in [0.29, 0.717) is 6.54 Å². The number of rotatable bonds is 7. The van der Waals surface area contributed by atoms with E-state index >= 15 is 0 Å². The molecule has 0 aliphatic heterocycles. The topological polar surface area (TPSA) is 55.6 Å². The molecule has 1 aromatic carbocycles. The molecule has 0 heterocycles. The van der Waals surface area contributed by atoms with Gasteiger partial charge in [0.25, 0.3) is 0 Å². The second-order valence-corrected chi connectivity index (χ2v) is 4.92. The molecule has 106 valence electrons. The fourth-order valence-electron chi connectivity index (χ4n) is 1.73. The normalized spacial score (nSPS) is 10.7. The summed E-state index contributed by atoms with van der Waals surface area (Å²) >= 11 is 0. The summed E-state index contributed by atoms with van der Waals surface area (Å²) in [5.74, 6) is 0.0346. The lowest BCUT2D eigenvalue weighted by atomic mass is 10.2. The van der Waals surface area contributed by atoms with E-state index in [4.69, 9.17) is 10.5 Å². The summed E-state index contributed by atoms with van der Waals surface area (Å²) in [6.45, 7) is 7.41. The van der Waals surface area contributed by atoms with Crippen molar-refractivity contribution in [2.45, 2.75) is 39.8 Å². The van der Waals surface area contributed by atoms with E-state index in [1.54, 1.807) is 0 Å². The molecule has 0 bridgehead atoms. The van der Waals surface area contributed by atoms with Crippen molar-refractivity contribution in [1.29, 1.82) is 0 Å². The molecule has 0 saturated heterocycles. The van der Waals surface area contributed by atoms with Crippen LogP contribution in [0.3, 0.4) is 0 Å². The van der Waals surface area contributed by atoms with E-state index in [-0.39, 0.29) is 18.6 Å². The predicted molar refractivity (Wildman–Crippen MR) is 77.7 cm³/mol. The molecule has 0 aromatic heterocycles. The number of nitrogens with zero attached hydrogens (tertiary/aromatic N) is 1. The van der Waals surface area contributed by atoms with Gasteiger partial charge >= 0.3 is 0 Å². The number of benzene rings is 1. The standard InChI is InChI=1S/C15H24N2O2/c1-4-9-17(15(18)11-19-12(2)3)10-13-5-7-14(16)8-6-13/h5-8,12H,4,9-11,16H2,1-3H3. The average Bonchev–Trinajstić information content (AvgIpc) is 2.38. The van der Waals surface area contributed by atoms with E-state index in [1.807, 2.05) is 43.0 Å². The Morgan fingerprint density at radius 1 is 1.32 bits per heavy atom. The van der Waals surface area contributed by atoms with E-state index in [1.165, 1.54) is 0 Å². The highest BCUT2D eigenvalue weighted by atomic mass is 16.5. The summed E-state index contributed by atoms with van der Waals surface area (Å²) in [5.41, 5.74) is 7.48. The van der Waals surface area contributed by atoms with Crippen LogP contribution in [0.4, 0.5) is 5.69 Å². The number of anilines is 1. The quantitative estimate of drug-likeness (QED) is 0.770. The second kappa shape index (κ2) is 7.79. The minimum atomic E-state index is 0.0346. The molecule has 0 radical (unpaired) electrons. The van der Waals surface area contributed by atoms with Crippen molar-refractivity contribution in [3.8, 4) is 0 Å². The van der Waals surface area contributed by atoms with Crippen molar-refractivity contribution in [3.05, 3.63) is 29.8 Å². The molecule has 0 spiro atoms. The van der Waals surface area contributed by atoms with Crippen LogP contribution in [-0.2, 0) is 16.1 Å². The first-order valence-corrected chi connectivity index (χ1v) is 6.76. The Morgan fingerprint density at radius 2 is 1.95 bits per heavy atom. The number of carbonyl (C=O) groups is 1. The summed E-state index contributed by atoms with van der Waals surface area (Å²) in [5, 5.41) is 0. The van der Waals surface area contributed by atoms with Gasteiger partial charge in [0.15, 0.2) is 0 Å².